The van der Waals surface area contributed by atoms with Crippen molar-refractivity contribution in [3.05, 3.63) is 0 Å². The topological polar surface area (TPSA) is 49.8 Å². The number of ether oxygens (including phenoxy) is 1. The van der Waals surface area contributed by atoms with Gasteiger partial charge in [0.15, 0.2) is 0 Å². The van der Waals surface area contributed by atoms with Crippen LogP contribution in [0.15, 0.2) is 0 Å². The standard InChI is InChI=1S/C9H17NO3/c1-9(2,6-11)10(3)7-4-5-13-8(7)12/h7,11H,4-6H2,1-3H3. The van der Waals surface area contributed by atoms with Gasteiger partial charge in [-0.25, -0.2) is 0 Å². The summed E-state index contributed by atoms with van der Waals surface area (Å²) < 4.78 is 4.86. The molecule has 1 fully saturated rings. The van der Waals surface area contributed by atoms with E-state index < -0.39 is 0 Å². The Morgan fingerprint density at radius 2 is 2.31 bits per heavy atom. The molecule has 1 aliphatic heterocycles. The third-order valence-electron chi connectivity index (χ3n) is 2.72. The fourth-order valence-electron chi connectivity index (χ4n) is 1.37. The van der Waals surface area contributed by atoms with E-state index in [0.29, 0.717) is 6.61 Å². The van der Waals surface area contributed by atoms with Gasteiger partial charge in [-0.3, -0.25) is 9.69 Å². The van der Waals surface area contributed by atoms with Gasteiger partial charge in [-0.2, -0.15) is 0 Å². The first-order valence-electron chi connectivity index (χ1n) is 4.49. The Hall–Kier alpha value is -0.610. The van der Waals surface area contributed by atoms with Crippen molar-refractivity contribution in [2.75, 3.05) is 20.3 Å². The van der Waals surface area contributed by atoms with Crippen LogP contribution in [-0.2, 0) is 9.53 Å². The molecule has 76 valence electrons. The number of rotatable bonds is 3. The SMILES string of the molecule is CN(C1CCOC1=O)C(C)(C)CO. The number of carbonyl (C=O) groups excluding carboxylic acids is 1. The number of cyclic esters (lactones) is 1. The van der Waals surface area contributed by atoms with Crippen LogP contribution in [-0.4, -0.2) is 47.8 Å². The monoisotopic (exact) mass is 187 g/mol. The summed E-state index contributed by atoms with van der Waals surface area (Å²) in [6, 6.07) is -0.192. The lowest BCUT2D eigenvalue weighted by molar-refractivity contribution is -0.143. The molecule has 13 heavy (non-hydrogen) atoms. The minimum absolute atomic E-state index is 0.0350. The number of nitrogens with zero attached hydrogens (tertiary/aromatic N) is 1. The molecule has 0 aromatic carbocycles. The molecule has 0 aliphatic carbocycles. The molecule has 1 rings (SSSR count). The summed E-state index contributed by atoms with van der Waals surface area (Å²) in [6.07, 6.45) is 0.721. The number of esters is 1. The second-order valence-electron chi connectivity index (χ2n) is 4.05. The summed E-state index contributed by atoms with van der Waals surface area (Å²) in [5.41, 5.74) is -0.367. The van der Waals surface area contributed by atoms with Crippen molar-refractivity contribution in [1.29, 1.82) is 0 Å². The quantitative estimate of drug-likeness (QED) is 0.632. The van der Waals surface area contributed by atoms with Gasteiger partial charge < -0.3 is 9.84 Å². The number of hydrogen-bond donors (Lipinski definition) is 1. The number of aliphatic hydroxyl groups excluding tert-OH is 1. The normalized spacial score (nSPS) is 23.8. The van der Waals surface area contributed by atoms with E-state index in [2.05, 4.69) is 0 Å². The summed E-state index contributed by atoms with van der Waals surface area (Å²) in [4.78, 5) is 13.1. The zero-order chi connectivity index (χ0) is 10.1. The summed E-state index contributed by atoms with van der Waals surface area (Å²) in [5.74, 6) is -0.177. The van der Waals surface area contributed by atoms with Crippen molar-refractivity contribution in [2.45, 2.75) is 31.8 Å². The molecule has 0 radical (unpaired) electrons. The molecule has 4 heteroatoms. The molecular weight excluding hydrogens is 170 g/mol. The highest BCUT2D eigenvalue weighted by molar-refractivity contribution is 5.77. The molecule has 1 N–H and O–H groups in total. The van der Waals surface area contributed by atoms with Crippen LogP contribution < -0.4 is 0 Å². The molecule has 1 atom stereocenters. The molecule has 0 bridgehead atoms. The second kappa shape index (κ2) is 3.64. The summed E-state index contributed by atoms with van der Waals surface area (Å²) in [5, 5.41) is 9.12. The molecule has 0 amide bonds. The lowest BCUT2D eigenvalue weighted by atomic mass is 10.0. The maximum absolute atomic E-state index is 11.2. The second-order valence-corrected chi connectivity index (χ2v) is 4.05. The van der Waals surface area contributed by atoms with Crippen molar-refractivity contribution in [1.82, 2.24) is 4.90 Å². The maximum atomic E-state index is 11.2. The third-order valence-corrected chi connectivity index (χ3v) is 2.72. The Bertz CT molecular complexity index is 203. The summed E-state index contributed by atoms with van der Waals surface area (Å²) in [6.45, 7) is 4.33. The average molecular weight is 187 g/mol. The van der Waals surface area contributed by atoms with Gasteiger partial charge in [0.25, 0.3) is 0 Å². The zero-order valence-electron chi connectivity index (χ0n) is 8.41. The van der Waals surface area contributed by atoms with Gasteiger partial charge in [0, 0.05) is 12.0 Å². The summed E-state index contributed by atoms with van der Waals surface area (Å²) >= 11 is 0. The lowest BCUT2D eigenvalue weighted by Crippen LogP contribution is -2.51. The number of carbonyl (C=O) groups is 1. The minimum Gasteiger partial charge on any atom is -0.464 e. The average Bonchev–Trinajstić information content (AvgIpc) is 2.50. The summed E-state index contributed by atoms with van der Waals surface area (Å²) in [7, 11) is 1.84. The molecule has 0 aromatic heterocycles. The largest absolute Gasteiger partial charge is 0.464 e. The predicted molar refractivity (Wildman–Crippen MR) is 48.3 cm³/mol. The van der Waals surface area contributed by atoms with Crippen LogP contribution in [0.5, 0.6) is 0 Å². The van der Waals surface area contributed by atoms with E-state index in [9.17, 15) is 4.79 Å². The van der Waals surface area contributed by atoms with Crippen LogP contribution in [0.4, 0.5) is 0 Å². The highest BCUT2D eigenvalue weighted by Crippen LogP contribution is 2.21. The number of hydrogen-bond acceptors (Lipinski definition) is 4. The first-order valence-corrected chi connectivity index (χ1v) is 4.49. The van der Waals surface area contributed by atoms with Gasteiger partial charge in [0.05, 0.1) is 13.2 Å². The van der Waals surface area contributed by atoms with E-state index in [1.807, 2.05) is 25.8 Å². The fraction of sp³-hybridized carbons (Fsp3) is 0.889. The van der Waals surface area contributed by atoms with Crippen LogP contribution in [0.3, 0.4) is 0 Å². The van der Waals surface area contributed by atoms with Crippen molar-refractivity contribution >= 4 is 5.97 Å². The van der Waals surface area contributed by atoms with E-state index >= 15 is 0 Å². The van der Waals surface area contributed by atoms with E-state index in [-0.39, 0.29) is 24.2 Å². The molecule has 1 aliphatic rings. The van der Waals surface area contributed by atoms with E-state index in [0.717, 1.165) is 6.42 Å². The molecule has 1 unspecified atom stereocenters. The van der Waals surface area contributed by atoms with Gasteiger partial charge in [-0.05, 0) is 20.9 Å². The highest BCUT2D eigenvalue weighted by atomic mass is 16.5. The predicted octanol–water partition coefficient (Wildman–Crippen LogP) is 0.00460. The molecular formula is C9H17NO3. The molecule has 4 nitrogen and oxygen atoms in total. The third kappa shape index (κ3) is 2.00. The Morgan fingerprint density at radius 3 is 2.69 bits per heavy atom. The van der Waals surface area contributed by atoms with E-state index in [4.69, 9.17) is 9.84 Å². The first kappa shape index (κ1) is 10.5. The molecule has 1 saturated heterocycles. The molecule has 0 saturated carbocycles. The van der Waals surface area contributed by atoms with Gasteiger partial charge in [-0.1, -0.05) is 0 Å². The van der Waals surface area contributed by atoms with Crippen LogP contribution in [0.2, 0.25) is 0 Å². The van der Waals surface area contributed by atoms with Crippen LogP contribution in [0, 0.1) is 0 Å². The molecule has 0 aromatic rings. The highest BCUT2D eigenvalue weighted by Gasteiger charge is 2.37. The smallest absolute Gasteiger partial charge is 0.323 e. The van der Waals surface area contributed by atoms with Crippen molar-refractivity contribution < 1.29 is 14.6 Å². The van der Waals surface area contributed by atoms with Crippen LogP contribution in [0.25, 0.3) is 0 Å². The Morgan fingerprint density at radius 1 is 1.69 bits per heavy atom. The van der Waals surface area contributed by atoms with Gasteiger partial charge in [0.2, 0.25) is 0 Å². The Kier molecular flexibility index (Phi) is 2.93. The van der Waals surface area contributed by atoms with Crippen molar-refractivity contribution in [3.8, 4) is 0 Å². The Balaban J connectivity index is 2.66. The maximum Gasteiger partial charge on any atom is 0.323 e. The van der Waals surface area contributed by atoms with Gasteiger partial charge in [-0.15, -0.1) is 0 Å². The fourth-order valence-corrected chi connectivity index (χ4v) is 1.37. The van der Waals surface area contributed by atoms with Crippen LogP contribution >= 0.6 is 0 Å². The van der Waals surface area contributed by atoms with Gasteiger partial charge >= 0.3 is 5.97 Å². The minimum atomic E-state index is -0.367. The van der Waals surface area contributed by atoms with Crippen molar-refractivity contribution in [3.63, 3.8) is 0 Å². The van der Waals surface area contributed by atoms with E-state index in [1.165, 1.54) is 0 Å². The molecule has 1 heterocycles. The van der Waals surface area contributed by atoms with Crippen LogP contribution in [0.1, 0.15) is 20.3 Å². The Labute approximate surface area is 78.5 Å². The molecule has 0 spiro atoms. The van der Waals surface area contributed by atoms with Gasteiger partial charge in [0.1, 0.15) is 6.04 Å². The lowest BCUT2D eigenvalue weighted by Gasteiger charge is -2.36. The number of likely N-dealkylation sites (N-methyl/N-ethyl adjacent to an activating group) is 1. The zero-order valence-corrected chi connectivity index (χ0v) is 8.41. The number of aliphatic hydroxyl groups is 1. The first-order chi connectivity index (χ1) is 5.99. The van der Waals surface area contributed by atoms with E-state index in [1.54, 1.807) is 0 Å². The van der Waals surface area contributed by atoms with Crippen molar-refractivity contribution in [2.24, 2.45) is 0 Å².